The Hall–Kier alpha value is -1.06. The third kappa shape index (κ3) is 7.28. The Labute approximate surface area is 172 Å². The van der Waals surface area contributed by atoms with Crippen molar-refractivity contribution in [3.05, 3.63) is 59.7 Å². The largest absolute Gasteiger partial charge is 1.00 e. The Morgan fingerprint density at radius 2 is 1.85 bits per heavy atom. The quantitative estimate of drug-likeness (QED) is 0.480. The molecule has 0 aliphatic heterocycles. The standard InChI is InChI=1S/C22H28O2P.Li/c1-4-6-10-18(5-2)16-24-20-13-14-21(17(3)15-20)25-22(23)19-11-8-7-9-12-19;/h7-9,11-15,18H,4-6,10,16H2,1-3H3;/q-1;+1. The van der Waals surface area contributed by atoms with Gasteiger partial charge in [0, 0.05) is 5.52 Å². The number of ether oxygens (including phenoxy) is 1. The minimum Gasteiger partial charge on any atom is -0.493 e. The van der Waals surface area contributed by atoms with Gasteiger partial charge in [-0.15, -0.1) is 0 Å². The predicted octanol–water partition coefficient (Wildman–Crippen LogP) is 3.01. The fourth-order valence-corrected chi connectivity index (χ4v) is 3.60. The van der Waals surface area contributed by atoms with E-state index in [0.717, 1.165) is 35.2 Å². The fourth-order valence-electron chi connectivity index (χ4n) is 2.71. The molecule has 1 atom stereocenters. The van der Waals surface area contributed by atoms with Crippen LogP contribution in [0.4, 0.5) is 0 Å². The molecule has 0 aromatic heterocycles. The van der Waals surface area contributed by atoms with Crippen molar-refractivity contribution in [2.45, 2.75) is 46.5 Å². The number of carbonyl (C=O) groups is 1. The van der Waals surface area contributed by atoms with Crippen LogP contribution in [0.15, 0.2) is 48.5 Å². The smallest absolute Gasteiger partial charge is 0.493 e. The van der Waals surface area contributed by atoms with Gasteiger partial charge in [0.05, 0.1) is 6.61 Å². The van der Waals surface area contributed by atoms with Gasteiger partial charge in [0.25, 0.3) is 0 Å². The van der Waals surface area contributed by atoms with Gasteiger partial charge in [-0.3, -0.25) is 0 Å². The number of unbranched alkanes of at least 4 members (excludes halogenated alkanes) is 1. The predicted molar refractivity (Wildman–Crippen MR) is 107 cm³/mol. The Kier molecular flexibility index (Phi) is 10.9. The van der Waals surface area contributed by atoms with Crippen LogP contribution < -0.4 is 28.9 Å². The van der Waals surface area contributed by atoms with Gasteiger partial charge in [0.2, 0.25) is 0 Å². The summed E-state index contributed by atoms with van der Waals surface area (Å²) in [4.78, 5) is 12.4. The first-order chi connectivity index (χ1) is 12.1. The van der Waals surface area contributed by atoms with Crippen LogP contribution in [0.25, 0.3) is 0 Å². The van der Waals surface area contributed by atoms with Crippen molar-refractivity contribution in [1.29, 1.82) is 0 Å². The van der Waals surface area contributed by atoms with Crippen LogP contribution in [-0.2, 0) is 0 Å². The van der Waals surface area contributed by atoms with Crippen LogP contribution in [0.1, 0.15) is 55.5 Å². The van der Waals surface area contributed by atoms with Crippen molar-refractivity contribution >= 4 is 19.4 Å². The summed E-state index contributed by atoms with van der Waals surface area (Å²) in [6, 6.07) is 15.5. The maximum atomic E-state index is 12.4. The molecule has 0 fully saturated rings. The van der Waals surface area contributed by atoms with Crippen molar-refractivity contribution < 1.29 is 28.4 Å². The maximum absolute atomic E-state index is 12.4. The number of aryl methyl sites for hydroxylation is 1. The molecule has 2 aromatic carbocycles. The molecular weight excluding hydrogens is 334 g/mol. The molecule has 0 N–H and O–H groups in total. The molecule has 0 radical (unpaired) electrons. The summed E-state index contributed by atoms with van der Waals surface area (Å²) in [5.41, 5.74) is 1.98. The summed E-state index contributed by atoms with van der Waals surface area (Å²) in [6.07, 6.45) is 4.88. The average molecular weight is 362 g/mol. The normalized spacial score (nSPS) is 12.0. The number of carbonyl (C=O) groups excluding carboxylic acids is 1. The van der Waals surface area contributed by atoms with Crippen LogP contribution in [0.3, 0.4) is 0 Å². The monoisotopic (exact) mass is 362 g/mol. The minimum atomic E-state index is 0. The number of hydrogen-bond acceptors (Lipinski definition) is 2. The van der Waals surface area contributed by atoms with Gasteiger partial charge < -0.3 is 18.1 Å². The number of rotatable bonds is 10. The van der Waals surface area contributed by atoms with E-state index in [9.17, 15) is 4.79 Å². The summed E-state index contributed by atoms with van der Waals surface area (Å²) >= 11 is 0. The van der Waals surface area contributed by atoms with E-state index in [1.54, 1.807) is 0 Å². The van der Waals surface area contributed by atoms with E-state index < -0.39 is 0 Å². The van der Waals surface area contributed by atoms with E-state index in [1.807, 2.05) is 55.5 Å². The first kappa shape index (κ1) is 23.0. The molecule has 134 valence electrons. The summed E-state index contributed by atoms with van der Waals surface area (Å²) < 4.78 is 5.99. The molecule has 26 heavy (non-hydrogen) atoms. The van der Waals surface area contributed by atoms with Gasteiger partial charge in [-0.05, 0) is 37.0 Å². The van der Waals surface area contributed by atoms with E-state index in [4.69, 9.17) is 4.74 Å². The maximum Gasteiger partial charge on any atom is 1.00 e. The van der Waals surface area contributed by atoms with Gasteiger partial charge in [0.1, 0.15) is 5.75 Å². The molecule has 4 heteroatoms. The third-order valence-electron chi connectivity index (χ3n) is 4.44. The van der Waals surface area contributed by atoms with Crippen LogP contribution >= 0.6 is 8.58 Å². The topological polar surface area (TPSA) is 26.3 Å². The van der Waals surface area contributed by atoms with E-state index >= 15 is 0 Å². The summed E-state index contributed by atoms with van der Waals surface area (Å²) in [5.74, 6) is 1.52. The molecule has 0 saturated heterocycles. The first-order valence-electron chi connectivity index (χ1n) is 9.18. The first-order valence-corrected chi connectivity index (χ1v) is 10.1. The summed E-state index contributed by atoms with van der Waals surface area (Å²) in [6.45, 7) is 7.27. The van der Waals surface area contributed by atoms with Crippen LogP contribution in [0.2, 0.25) is 0 Å². The van der Waals surface area contributed by atoms with Crippen molar-refractivity contribution in [2.24, 2.45) is 5.92 Å². The molecule has 0 aliphatic rings. The SMILES string of the molecule is CCCCC(CC)COc1ccc([P-]C(=O)c2ccccc2)c(C)c1.[Li+]. The van der Waals surface area contributed by atoms with Gasteiger partial charge in [-0.25, -0.2) is 0 Å². The summed E-state index contributed by atoms with van der Waals surface area (Å²) in [5, 5.41) is 1.04. The van der Waals surface area contributed by atoms with Crippen LogP contribution in [-0.4, -0.2) is 12.1 Å². The fraction of sp³-hybridized carbons (Fsp3) is 0.409. The Morgan fingerprint density at radius 3 is 2.46 bits per heavy atom. The molecular formula is C22H28LiO2P. The van der Waals surface area contributed by atoms with Crippen molar-refractivity contribution in [2.75, 3.05) is 6.61 Å². The summed E-state index contributed by atoms with van der Waals surface area (Å²) in [7, 11) is 0.716. The van der Waals surface area contributed by atoms with Gasteiger partial charge in [-0.2, -0.15) is 5.30 Å². The molecule has 2 nitrogen and oxygen atoms in total. The third-order valence-corrected chi connectivity index (χ3v) is 5.64. The molecule has 0 spiro atoms. The average Bonchev–Trinajstić information content (AvgIpc) is 2.64. The van der Waals surface area contributed by atoms with Crippen molar-refractivity contribution in [1.82, 2.24) is 0 Å². The molecule has 0 saturated carbocycles. The van der Waals surface area contributed by atoms with Gasteiger partial charge >= 0.3 is 18.9 Å². The van der Waals surface area contributed by atoms with Crippen molar-refractivity contribution in [3.63, 3.8) is 0 Å². The van der Waals surface area contributed by atoms with E-state index in [-0.39, 0.29) is 24.4 Å². The number of benzene rings is 2. The zero-order chi connectivity index (χ0) is 18.1. The van der Waals surface area contributed by atoms with E-state index in [2.05, 4.69) is 13.8 Å². The molecule has 0 aliphatic carbocycles. The van der Waals surface area contributed by atoms with Gasteiger partial charge in [0.15, 0.2) is 0 Å². The minimum absolute atomic E-state index is 0. The molecule has 0 heterocycles. The van der Waals surface area contributed by atoms with E-state index in [1.165, 1.54) is 19.3 Å². The zero-order valence-corrected chi connectivity index (χ0v) is 17.4. The second kappa shape index (κ2) is 12.3. The molecule has 1 unspecified atom stereocenters. The molecule has 0 bridgehead atoms. The molecule has 0 amide bonds. The van der Waals surface area contributed by atoms with Gasteiger partial charge in [-0.1, -0.05) is 75.1 Å². The molecule has 2 aromatic rings. The number of hydrogen-bond donors (Lipinski definition) is 0. The Morgan fingerprint density at radius 1 is 1.12 bits per heavy atom. The second-order valence-corrected chi connectivity index (χ2v) is 7.57. The van der Waals surface area contributed by atoms with Crippen LogP contribution in [0, 0.1) is 12.8 Å². The molecule has 2 rings (SSSR count). The Balaban J connectivity index is 0.00000338. The Bertz CT molecular complexity index is 673. The van der Waals surface area contributed by atoms with E-state index in [0.29, 0.717) is 14.5 Å². The van der Waals surface area contributed by atoms with Crippen molar-refractivity contribution in [3.8, 4) is 5.75 Å². The zero-order valence-electron chi connectivity index (χ0n) is 16.5. The second-order valence-electron chi connectivity index (χ2n) is 6.46. The van der Waals surface area contributed by atoms with Crippen LogP contribution in [0.5, 0.6) is 5.75 Å².